The van der Waals surface area contributed by atoms with Gasteiger partial charge in [-0.1, -0.05) is 51.1 Å². The van der Waals surface area contributed by atoms with Crippen molar-refractivity contribution in [3.63, 3.8) is 0 Å². The maximum absolute atomic E-state index is 13.3. The lowest BCUT2D eigenvalue weighted by Crippen LogP contribution is -2.48. The number of hydrogen-bond acceptors (Lipinski definition) is 8. The third-order valence-electron chi connectivity index (χ3n) is 8.43. The number of aromatic nitrogens is 2. The zero-order valence-corrected chi connectivity index (χ0v) is 29.7. The molecule has 2 heterocycles. The van der Waals surface area contributed by atoms with Crippen LogP contribution in [0, 0.1) is 5.41 Å². The van der Waals surface area contributed by atoms with E-state index in [-0.39, 0.29) is 35.6 Å². The zero-order valence-electron chi connectivity index (χ0n) is 29.7. The number of carboxylic acids is 1. The SMILES string of the molecule is CCn1cc(-c2cccc(CCOCCC(=O)N(CCNCCc3ccc(O)c4c3OCC(=O)N4)[C@H](C)C(C)(C)C)c2)cn1.O=C(O)C(F)(F)F. The van der Waals surface area contributed by atoms with Crippen LogP contribution in [0.1, 0.15) is 52.2 Å². The second kappa shape index (κ2) is 18.6. The number of ether oxygens (including phenoxy) is 2. The molecule has 0 aliphatic carbocycles. The van der Waals surface area contributed by atoms with Gasteiger partial charge < -0.3 is 35.2 Å². The largest absolute Gasteiger partial charge is 0.506 e. The Labute approximate surface area is 295 Å². The minimum atomic E-state index is -5.08. The van der Waals surface area contributed by atoms with Crippen molar-refractivity contribution in [2.24, 2.45) is 5.41 Å². The van der Waals surface area contributed by atoms with Gasteiger partial charge >= 0.3 is 12.1 Å². The molecule has 1 aromatic heterocycles. The van der Waals surface area contributed by atoms with E-state index in [0.717, 1.165) is 29.7 Å². The first-order valence-corrected chi connectivity index (χ1v) is 16.8. The highest BCUT2D eigenvalue weighted by atomic mass is 19.4. The molecule has 15 heteroatoms. The van der Waals surface area contributed by atoms with Gasteiger partial charge in [0.05, 0.1) is 25.8 Å². The Morgan fingerprint density at radius 1 is 1.12 bits per heavy atom. The fraction of sp³-hybridized carbons (Fsp3) is 0.500. The van der Waals surface area contributed by atoms with E-state index in [1.54, 1.807) is 6.07 Å². The molecule has 12 nitrogen and oxygen atoms in total. The third-order valence-corrected chi connectivity index (χ3v) is 8.43. The van der Waals surface area contributed by atoms with Crippen molar-refractivity contribution in [2.75, 3.05) is 44.8 Å². The number of fused-ring (bicyclic) bond motifs is 1. The highest BCUT2D eigenvalue weighted by Crippen LogP contribution is 2.39. The highest BCUT2D eigenvalue weighted by molar-refractivity contribution is 5.97. The number of aliphatic carboxylic acids is 1. The average molecular weight is 720 g/mol. The molecule has 1 atom stereocenters. The van der Waals surface area contributed by atoms with E-state index in [9.17, 15) is 27.9 Å². The number of carbonyl (C=O) groups excluding carboxylic acids is 2. The molecule has 4 N–H and O–H groups in total. The Morgan fingerprint density at radius 3 is 2.49 bits per heavy atom. The number of aryl methyl sites for hydroxylation is 1. The van der Waals surface area contributed by atoms with Gasteiger partial charge in [0.1, 0.15) is 11.4 Å². The lowest BCUT2D eigenvalue weighted by Gasteiger charge is -2.38. The smallest absolute Gasteiger partial charge is 0.490 e. The summed E-state index contributed by atoms with van der Waals surface area (Å²) in [6.07, 6.45) is 0.626. The number of nitrogens with zero attached hydrogens (tertiary/aromatic N) is 3. The molecule has 280 valence electrons. The fourth-order valence-electron chi connectivity index (χ4n) is 5.15. The van der Waals surface area contributed by atoms with E-state index in [2.05, 4.69) is 80.8 Å². The van der Waals surface area contributed by atoms with Gasteiger partial charge in [0, 0.05) is 37.4 Å². The number of aromatic hydroxyl groups is 1. The minimum Gasteiger partial charge on any atom is -0.506 e. The van der Waals surface area contributed by atoms with Gasteiger partial charge in [-0.2, -0.15) is 18.3 Å². The molecule has 0 saturated carbocycles. The molecule has 0 radical (unpaired) electrons. The van der Waals surface area contributed by atoms with E-state index >= 15 is 0 Å². The first kappa shape index (κ1) is 40.8. The summed E-state index contributed by atoms with van der Waals surface area (Å²) in [5.41, 5.74) is 4.59. The van der Waals surface area contributed by atoms with Crippen molar-refractivity contribution >= 4 is 23.5 Å². The summed E-state index contributed by atoms with van der Waals surface area (Å²) in [5, 5.41) is 27.7. The summed E-state index contributed by atoms with van der Waals surface area (Å²) in [7, 11) is 0. The summed E-state index contributed by atoms with van der Waals surface area (Å²) in [5.74, 6) is -2.45. The molecule has 0 fully saturated rings. The summed E-state index contributed by atoms with van der Waals surface area (Å²) in [6, 6.07) is 11.9. The molecule has 0 unspecified atom stereocenters. The van der Waals surface area contributed by atoms with Gasteiger partial charge in [-0.15, -0.1) is 0 Å². The second-order valence-electron chi connectivity index (χ2n) is 13.1. The quantitative estimate of drug-likeness (QED) is 0.121. The molecule has 1 aliphatic rings. The Kier molecular flexibility index (Phi) is 14.8. The number of halogens is 3. The molecule has 0 saturated heterocycles. The van der Waals surface area contributed by atoms with E-state index in [1.165, 1.54) is 5.56 Å². The normalized spacial score (nSPS) is 13.3. The molecule has 51 heavy (non-hydrogen) atoms. The molecular weight excluding hydrogens is 671 g/mol. The van der Waals surface area contributed by atoms with Crippen LogP contribution >= 0.6 is 0 Å². The van der Waals surface area contributed by atoms with Gasteiger partial charge in [-0.25, -0.2) is 4.79 Å². The molecular formula is C36H48F3N5O7. The van der Waals surface area contributed by atoms with Crippen molar-refractivity contribution in [3.05, 3.63) is 59.9 Å². The van der Waals surface area contributed by atoms with Crippen LogP contribution in [0.3, 0.4) is 0 Å². The number of hydrogen-bond donors (Lipinski definition) is 4. The molecule has 0 spiro atoms. The van der Waals surface area contributed by atoms with Gasteiger partial charge in [0.25, 0.3) is 5.91 Å². The number of rotatable bonds is 15. The van der Waals surface area contributed by atoms with Crippen LogP contribution in [0.5, 0.6) is 11.5 Å². The van der Waals surface area contributed by atoms with Crippen molar-refractivity contribution < 1.29 is 47.2 Å². The van der Waals surface area contributed by atoms with E-state index < -0.39 is 12.1 Å². The standard InChI is InChI=1S/C34H47N5O5.C2HF3O2/c1-6-38-22-28(21-36-38)27-9-7-8-25(20-27)13-18-43-19-14-31(42)39(24(2)34(3,4)5)17-16-35-15-12-26-10-11-29(40)32-33(26)44-23-30(41)37-32;3-2(4,5)1(6)7/h7-11,20-22,24,35,40H,6,12-19,23H2,1-5H3,(H,37,41);(H,6,7)/t24-;/m1./s1. The number of amides is 2. The monoisotopic (exact) mass is 719 g/mol. The number of anilines is 1. The van der Waals surface area contributed by atoms with Crippen molar-refractivity contribution in [1.29, 1.82) is 0 Å². The number of nitrogens with one attached hydrogen (secondary N) is 2. The van der Waals surface area contributed by atoms with Crippen LogP contribution in [0.15, 0.2) is 48.8 Å². The van der Waals surface area contributed by atoms with Crippen LogP contribution in [-0.4, -0.2) is 94.4 Å². The minimum absolute atomic E-state index is 0.00973. The first-order chi connectivity index (χ1) is 24.0. The first-order valence-electron chi connectivity index (χ1n) is 16.8. The fourth-order valence-corrected chi connectivity index (χ4v) is 5.15. The maximum Gasteiger partial charge on any atom is 0.490 e. The molecule has 2 aromatic carbocycles. The van der Waals surface area contributed by atoms with E-state index in [0.29, 0.717) is 57.1 Å². The van der Waals surface area contributed by atoms with Crippen LogP contribution in [0.25, 0.3) is 11.1 Å². The van der Waals surface area contributed by atoms with Crippen LogP contribution in [0.4, 0.5) is 18.9 Å². The van der Waals surface area contributed by atoms with Gasteiger partial charge in [0.15, 0.2) is 12.4 Å². The molecule has 0 bridgehead atoms. The predicted octanol–water partition coefficient (Wildman–Crippen LogP) is 5.28. The Morgan fingerprint density at radius 2 is 1.84 bits per heavy atom. The second-order valence-corrected chi connectivity index (χ2v) is 13.1. The number of phenols is 1. The summed E-state index contributed by atoms with van der Waals surface area (Å²) >= 11 is 0. The van der Waals surface area contributed by atoms with Gasteiger partial charge in [0.2, 0.25) is 5.91 Å². The van der Waals surface area contributed by atoms with Gasteiger partial charge in [-0.3, -0.25) is 14.3 Å². The Balaban J connectivity index is 0.000000908. The maximum atomic E-state index is 13.3. The topological polar surface area (TPSA) is 155 Å². The molecule has 4 rings (SSSR count). The van der Waals surface area contributed by atoms with Gasteiger partial charge in [-0.05, 0) is 61.4 Å². The van der Waals surface area contributed by atoms with Crippen LogP contribution in [0.2, 0.25) is 0 Å². The number of carbonyl (C=O) groups is 3. The lowest BCUT2D eigenvalue weighted by molar-refractivity contribution is -0.192. The molecule has 1 aliphatic heterocycles. The lowest BCUT2D eigenvalue weighted by atomic mass is 9.86. The molecule has 2 amide bonds. The predicted molar refractivity (Wildman–Crippen MR) is 186 cm³/mol. The summed E-state index contributed by atoms with van der Waals surface area (Å²) < 4.78 is 45.1. The van der Waals surface area contributed by atoms with E-state index in [1.807, 2.05) is 21.8 Å². The number of benzene rings is 2. The number of carboxylic acid groups (broad SMARTS) is 1. The molecule has 3 aromatic rings. The summed E-state index contributed by atoms with van der Waals surface area (Å²) in [4.78, 5) is 35.8. The Bertz CT molecular complexity index is 1620. The average Bonchev–Trinajstić information content (AvgIpc) is 3.56. The third kappa shape index (κ3) is 12.6. The van der Waals surface area contributed by atoms with Crippen LogP contribution < -0.4 is 15.4 Å². The number of phenolic OH excluding ortho intramolecular Hbond substituents is 1. The highest BCUT2D eigenvalue weighted by Gasteiger charge is 2.38. The van der Waals surface area contributed by atoms with Crippen molar-refractivity contribution in [3.8, 4) is 22.6 Å². The Hall–Kier alpha value is -4.63. The van der Waals surface area contributed by atoms with Crippen LogP contribution in [-0.2, 0) is 38.5 Å². The zero-order chi connectivity index (χ0) is 37.8. The van der Waals surface area contributed by atoms with E-state index in [4.69, 9.17) is 19.4 Å². The van der Waals surface area contributed by atoms with Crippen molar-refractivity contribution in [1.82, 2.24) is 20.0 Å². The number of alkyl halides is 3. The summed E-state index contributed by atoms with van der Waals surface area (Å²) in [6.45, 7) is 14.2. The van der Waals surface area contributed by atoms with Crippen molar-refractivity contribution in [2.45, 2.75) is 72.6 Å².